The van der Waals surface area contributed by atoms with Crippen LogP contribution in [0.4, 0.5) is 0 Å². The molecule has 0 radical (unpaired) electrons. The number of carbonyl (C=O) groups is 1. The molecular formula is C22H19N5O2. The Balaban J connectivity index is 1.44. The minimum absolute atomic E-state index is 0.0318. The van der Waals surface area contributed by atoms with Gasteiger partial charge in [0.1, 0.15) is 24.4 Å². The third-order valence-corrected chi connectivity index (χ3v) is 5.86. The third kappa shape index (κ3) is 2.73. The lowest BCUT2D eigenvalue weighted by Gasteiger charge is -2.32. The zero-order chi connectivity index (χ0) is 19.4. The normalized spacial score (nSPS) is 18.6. The first kappa shape index (κ1) is 16.5. The number of hydrogen-bond acceptors (Lipinski definition) is 5. The topological polar surface area (TPSA) is 76.5 Å². The summed E-state index contributed by atoms with van der Waals surface area (Å²) in [6, 6.07) is 8.26. The summed E-state index contributed by atoms with van der Waals surface area (Å²) in [5.74, 6) is 2.01. The Bertz CT molecular complexity index is 1170. The second-order valence-electron chi connectivity index (χ2n) is 7.69. The van der Waals surface area contributed by atoms with E-state index in [1.807, 2.05) is 21.7 Å². The Hall–Kier alpha value is -3.48. The standard InChI is InChI=1S/C22H19N5O2/c28-22-11-23-21(26-12-18(24-13-26)20-6-8-25-29-20)10-19-17-3-1-2-15(14-4-5-14)16(17)7-9-27(19)22/h1-3,6,8,10,12-14H,4-5,7,9,11H2. The number of nitrogens with zero attached hydrogens (tertiary/aromatic N) is 5. The number of imidazole rings is 1. The molecule has 0 atom stereocenters. The number of aromatic nitrogens is 3. The van der Waals surface area contributed by atoms with Crippen LogP contribution < -0.4 is 0 Å². The van der Waals surface area contributed by atoms with Crippen molar-refractivity contribution >= 4 is 17.4 Å². The van der Waals surface area contributed by atoms with Gasteiger partial charge >= 0.3 is 0 Å². The van der Waals surface area contributed by atoms with Gasteiger partial charge < -0.3 is 9.42 Å². The van der Waals surface area contributed by atoms with Gasteiger partial charge in [0.2, 0.25) is 5.91 Å². The van der Waals surface area contributed by atoms with Gasteiger partial charge in [-0.05, 0) is 36.3 Å². The number of hydrogen-bond donors (Lipinski definition) is 0. The van der Waals surface area contributed by atoms with Crippen LogP contribution in [0.1, 0.15) is 35.4 Å². The average Bonchev–Trinajstić information content (AvgIpc) is 3.27. The molecule has 2 aromatic heterocycles. The summed E-state index contributed by atoms with van der Waals surface area (Å²) in [6.07, 6.45) is 10.6. The summed E-state index contributed by atoms with van der Waals surface area (Å²) in [5, 5.41) is 3.73. The maximum atomic E-state index is 12.8. The lowest BCUT2D eigenvalue weighted by Crippen LogP contribution is -2.36. The van der Waals surface area contributed by atoms with E-state index in [0.29, 0.717) is 29.8 Å². The molecule has 3 aromatic rings. The zero-order valence-electron chi connectivity index (χ0n) is 15.8. The molecule has 144 valence electrons. The monoisotopic (exact) mass is 385 g/mol. The highest BCUT2D eigenvalue weighted by Gasteiger charge is 2.33. The van der Waals surface area contributed by atoms with Crippen molar-refractivity contribution in [1.82, 2.24) is 19.6 Å². The van der Waals surface area contributed by atoms with Gasteiger partial charge in [-0.1, -0.05) is 23.4 Å². The molecule has 1 fully saturated rings. The molecule has 3 aliphatic rings. The highest BCUT2D eigenvalue weighted by atomic mass is 16.5. The molecule has 0 saturated heterocycles. The Morgan fingerprint density at radius 3 is 2.93 bits per heavy atom. The fourth-order valence-electron chi connectivity index (χ4n) is 4.29. The highest BCUT2D eigenvalue weighted by Crippen LogP contribution is 2.44. The number of carbonyl (C=O) groups excluding carboxylic acids is 1. The van der Waals surface area contributed by atoms with Gasteiger partial charge in [0.15, 0.2) is 5.76 Å². The van der Waals surface area contributed by atoms with Crippen LogP contribution in [0.15, 0.2) is 58.6 Å². The van der Waals surface area contributed by atoms with E-state index in [1.54, 1.807) is 18.6 Å². The number of rotatable bonds is 2. The molecule has 1 saturated carbocycles. The van der Waals surface area contributed by atoms with E-state index in [0.717, 1.165) is 17.7 Å². The van der Waals surface area contributed by atoms with Gasteiger partial charge in [0.25, 0.3) is 0 Å². The molecule has 1 aromatic carbocycles. The van der Waals surface area contributed by atoms with Crippen molar-refractivity contribution in [3.63, 3.8) is 0 Å². The maximum Gasteiger partial charge on any atom is 0.248 e. The number of fused-ring (bicyclic) bond motifs is 3. The van der Waals surface area contributed by atoms with Gasteiger partial charge in [-0.2, -0.15) is 0 Å². The number of benzene rings is 1. The number of aliphatic imine (C=N–C) groups is 1. The minimum atomic E-state index is 0.0318. The van der Waals surface area contributed by atoms with Crippen LogP contribution in [0.25, 0.3) is 17.2 Å². The van der Waals surface area contributed by atoms with Crippen molar-refractivity contribution in [2.45, 2.75) is 25.2 Å². The van der Waals surface area contributed by atoms with E-state index in [2.05, 4.69) is 33.3 Å². The van der Waals surface area contributed by atoms with Gasteiger partial charge in [-0.25, -0.2) is 4.98 Å². The first-order valence-electron chi connectivity index (χ1n) is 9.92. The SMILES string of the molecule is O=C1CN=C(n2cnc(-c3ccno3)c2)C=C2c3cccc(C4CC4)c3CCN12. The first-order chi connectivity index (χ1) is 14.3. The summed E-state index contributed by atoms with van der Waals surface area (Å²) >= 11 is 0. The van der Waals surface area contributed by atoms with Gasteiger partial charge in [-0.15, -0.1) is 0 Å². The van der Waals surface area contributed by atoms with Crippen molar-refractivity contribution in [2.24, 2.45) is 4.99 Å². The fraction of sp³-hybridized carbons (Fsp3) is 0.273. The average molecular weight is 385 g/mol. The van der Waals surface area contributed by atoms with Crippen LogP contribution in [0.5, 0.6) is 0 Å². The van der Waals surface area contributed by atoms with Crippen molar-refractivity contribution in [3.8, 4) is 11.5 Å². The molecule has 29 heavy (non-hydrogen) atoms. The Morgan fingerprint density at radius 2 is 2.10 bits per heavy atom. The number of allylic oxidation sites excluding steroid dienone is 1. The van der Waals surface area contributed by atoms with E-state index < -0.39 is 0 Å². The molecule has 0 N–H and O–H groups in total. The molecule has 0 unspecified atom stereocenters. The van der Waals surface area contributed by atoms with Gasteiger partial charge in [0, 0.05) is 30.4 Å². The van der Waals surface area contributed by atoms with E-state index >= 15 is 0 Å². The molecule has 2 aliphatic heterocycles. The molecule has 0 bridgehead atoms. The lowest BCUT2D eigenvalue weighted by atomic mass is 9.90. The third-order valence-electron chi connectivity index (χ3n) is 5.86. The van der Waals surface area contributed by atoms with E-state index in [1.165, 1.54) is 24.0 Å². The molecule has 1 aliphatic carbocycles. The zero-order valence-corrected chi connectivity index (χ0v) is 15.8. The van der Waals surface area contributed by atoms with Crippen molar-refractivity contribution in [3.05, 3.63) is 65.8 Å². The van der Waals surface area contributed by atoms with E-state index in [4.69, 9.17) is 4.52 Å². The predicted molar refractivity (Wildman–Crippen MR) is 107 cm³/mol. The van der Waals surface area contributed by atoms with Crippen LogP contribution in [0.2, 0.25) is 0 Å². The predicted octanol–water partition coefficient (Wildman–Crippen LogP) is 3.10. The van der Waals surface area contributed by atoms with Crippen LogP contribution in [-0.2, 0) is 11.2 Å². The summed E-state index contributed by atoms with van der Waals surface area (Å²) in [6.45, 7) is 0.834. The van der Waals surface area contributed by atoms with Crippen LogP contribution in [-0.4, -0.2) is 44.4 Å². The quantitative estimate of drug-likeness (QED) is 0.679. The van der Waals surface area contributed by atoms with Crippen molar-refractivity contribution in [1.29, 1.82) is 0 Å². The Labute approximate surface area is 167 Å². The first-order valence-corrected chi connectivity index (χ1v) is 9.92. The molecule has 1 amide bonds. The van der Waals surface area contributed by atoms with Crippen LogP contribution in [0, 0.1) is 0 Å². The van der Waals surface area contributed by atoms with E-state index in [9.17, 15) is 4.79 Å². The summed E-state index contributed by atoms with van der Waals surface area (Å²) in [5.41, 5.74) is 5.60. The second kappa shape index (κ2) is 6.27. The fourth-order valence-corrected chi connectivity index (χ4v) is 4.29. The highest BCUT2D eigenvalue weighted by molar-refractivity contribution is 6.06. The van der Waals surface area contributed by atoms with Crippen LogP contribution >= 0.6 is 0 Å². The smallest absolute Gasteiger partial charge is 0.248 e. The van der Waals surface area contributed by atoms with Gasteiger partial charge in [-0.3, -0.25) is 14.4 Å². The molecule has 0 spiro atoms. The summed E-state index contributed by atoms with van der Waals surface area (Å²) in [7, 11) is 0. The number of amides is 1. The Kier molecular flexibility index (Phi) is 3.56. The largest absolute Gasteiger partial charge is 0.355 e. The van der Waals surface area contributed by atoms with Crippen molar-refractivity contribution < 1.29 is 9.32 Å². The second-order valence-corrected chi connectivity index (χ2v) is 7.69. The maximum absolute atomic E-state index is 12.8. The molecule has 7 nitrogen and oxygen atoms in total. The summed E-state index contributed by atoms with van der Waals surface area (Å²) in [4.78, 5) is 23.6. The molecular weight excluding hydrogens is 366 g/mol. The van der Waals surface area contributed by atoms with Crippen molar-refractivity contribution in [2.75, 3.05) is 13.1 Å². The Morgan fingerprint density at radius 1 is 1.17 bits per heavy atom. The van der Waals surface area contributed by atoms with Gasteiger partial charge in [0.05, 0.1) is 11.9 Å². The molecule has 4 heterocycles. The molecule has 6 rings (SSSR count). The molecule has 7 heteroatoms. The van der Waals surface area contributed by atoms with E-state index in [-0.39, 0.29) is 12.5 Å². The lowest BCUT2D eigenvalue weighted by molar-refractivity contribution is -0.126. The minimum Gasteiger partial charge on any atom is -0.355 e. The van der Waals surface area contributed by atoms with Crippen LogP contribution in [0.3, 0.4) is 0 Å². The summed E-state index contributed by atoms with van der Waals surface area (Å²) < 4.78 is 7.03.